The molecule has 2 aromatic rings. The van der Waals surface area contributed by atoms with E-state index in [4.69, 9.17) is 10.5 Å². The van der Waals surface area contributed by atoms with E-state index < -0.39 is 0 Å². The summed E-state index contributed by atoms with van der Waals surface area (Å²) in [4.78, 5) is 10.8. The average Bonchev–Trinajstić information content (AvgIpc) is 2.33. The molecular formula is C14H14N2O2. The van der Waals surface area contributed by atoms with Gasteiger partial charge in [0.2, 0.25) is 0 Å². The molecule has 18 heavy (non-hydrogen) atoms. The Labute approximate surface area is 105 Å². The molecule has 0 fully saturated rings. The zero-order valence-corrected chi connectivity index (χ0v) is 10.0. The molecule has 0 amide bonds. The number of carbonyl (C=O) groups excluding carboxylic acids is 1. The van der Waals surface area contributed by atoms with E-state index in [1.54, 1.807) is 18.2 Å². The largest absolute Gasteiger partial charge is 0.427 e. The van der Waals surface area contributed by atoms with Crippen LogP contribution in [0.2, 0.25) is 0 Å². The van der Waals surface area contributed by atoms with E-state index in [1.807, 2.05) is 30.3 Å². The highest BCUT2D eigenvalue weighted by Crippen LogP contribution is 2.27. The minimum Gasteiger partial charge on any atom is -0.427 e. The Balaban J connectivity index is 2.17. The van der Waals surface area contributed by atoms with Crippen LogP contribution in [0.25, 0.3) is 0 Å². The van der Waals surface area contributed by atoms with Crippen LogP contribution in [0.15, 0.2) is 48.5 Å². The summed E-state index contributed by atoms with van der Waals surface area (Å²) in [6, 6.07) is 14.8. The Morgan fingerprint density at radius 3 is 2.50 bits per heavy atom. The van der Waals surface area contributed by atoms with Crippen LogP contribution in [0.5, 0.6) is 5.75 Å². The van der Waals surface area contributed by atoms with Crippen molar-refractivity contribution < 1.29 is 9.53 Å². The second-order valence-corrected chi connectivity index (χ2v) is 3.83. The summed E-state index contributed by atoms with van der Waals surface area (Å²) in [5, 5.41) is 3.19. The third-order valence-electron chi connectivity index (χ3n) is 2.34. The molecule has 2 rings (SSSR count). The molecule has 0 spiro atoms. The quantitative estimate of drug-likeness (QED) is 0.493. The number of esters is 1. The lowest BCUT2D eigenvalue weighted by molar-refractivity contribution is -0.131. The fourth-order valence-corrected chi connectivity index (χ4v) is 1.56. The normalized spacial score (nSPS) is 9.83. The number of hydrogen-bond acceptors (Lipinski definition) is 4. The van der Waals surface area contributed by atoms with Crippen molar-refractivity contribution in [2.75, 3.05) is 11.1 Å². The Hall–Kier alpha value is -2.49. The van der Waals surface area contributed by atoms with E-state index in [-0.39, 0.29) is 5.97 Å². The number of nitrogens with two attached hydrogens (primary N) is 1. The molecule has 92 valence electrons. The highest BCUT2D eigenvalue weighted by molar-refractivity contribution is 5.75. The molecule has 4 heteroatoms. The standard InChI is InChI=1S/C14H14N2O2/c1-10(17)18-12-7-8-14(13(15)9-12)16-11-5-3-2-4-6-11/h2-9,16H,15H2,1H3. The lowest BCUT2D eigenvalue weighted by Crippen LogP contribution is -2.03. The molecule has 0 heterocycles. The summed E-state index contributed by atoms with van der Waals surface area (Å²) in [6.07, 6.45) is 0. The van der Waals surface area contributed by atoms with E-state index in [0.717, 1.165) is 11.4 Å². The van der Waals surface area contributed by atoms with Gasteiger partial charge in [-0.1, -0.05) is 18.2 Å². The number of nitrogen functional groups attached to an aromatic ring is 1. The van der Waals surface area contributed by atoms with Gasteiger partial charge in [0.05, 0.1) is 11.4 Å². The van der Waals surface area contributed by atoms with Gasteiger partial charge in [0.15, 0.2) is 0 Å². The molecule has 0 radical (unpaired) electrons. The van der Waals surface area contributed by atoms with Crippen LogP contribution in [-0.4, -0.2) is 5.97 Å². The monoisotopic (exact) mass is 242 g/mol. The number of carbonyl (C=O) groups is 1. The van der Waals surface area contributed by atoms with Gasteiger partial charge in [-0.3, -0.25) is 4.79 Å². The molecule has 4 nitrogen and oxygen atoms in total. The van der Waals surface area contributed by atoms with Gasteiger partial charge >= 0.3 is 5.97 Å². The van der Waals surface area contributed by atoms with Crippen molar-refractivity contribution in [3.05, 3.63) is 48.5 Å². The summed E-state index contributed by atoms with van der Waals surface area (Å²) in [6.45, 7) is 1.35. The molecule has 0 saturated heterocycles. The topological polar surface area (TPSA) is 64.3 Å². The van der Waals surface area contributed by atoms with Crippen molar-refractivity contribution in [3.8, 4) is 5.75 Å². The van der Waals surface area contributed by atoms with E-state index >= 15 is 0 Å². The van der Waals surface area contributed by atoms with Gasteiger partial charge in [0.25, 0.3) is 0 Å². The van der Waals surface area contributed by atoms with Crippen molar-refractivity contribution >= 4 is 23.0 Å². The minimum absolute atomic E-state index is 0.363. The fraction of sp³-hybridized carbons (Fsp3) is 0.0714. The van der Waals surface area contributed by atoms with Crippen molar-refractivity contribution in [2.24, 2.45) is 0 Å². The van der Waals surface area contributed by atoms with Gasteiger partial charge in [-0.15, -0.1) is 0 Å². The number of rotatable bonds is 3. The first-order valence-electron chi connectivity index (χ1n) is 5.55. The van der Waals surface area contributed by atoms with Crippen LogP contribution in [0.3, 0.4) is 0 Å². The summed E-state index contributed by atoms with van der Waals surface area (Å²) >= 11 is 0. The van der Waals surface area contributed by atoms with Gasteiger partial charge < -0.3 is 15.8 Å². The molecule has 0 unspecified atom stereocenters. The van der Waals surface area contributed by atoms with Crippen LogP contribution in [0.4, 0.5) is 17.1 Å². The number of benzene rings is 2. The lowest BCUT2D eigenvalue weighted by atomic mass is 10.2. The molecule has 0 aromatic heterocycles. The number of hydrogen-bond donors (Lipinski definition) is 2. The maximum absolute atomic E-state index is 10.8. The van der Waals surface area contributed by atoms with Gasteiger partial charge in [0.1, 0.15) is 5.75 Å². The number of anilines is 3. The first-order valence-corrected chi connectivity index (χ1v) is 5.55. The van der Waals surface area contributed by atoms with Crippen molar-refractivity contribution in [1.82, 2.24) is 0 Å². The fourth-order valence-electron chi connectivity index (χ4n) is 1.56. The predicted molar refractivity (Wildman–Crippen MR) is 71.9 cm³/mol. The predicted octanol–water partition coefficient (Wildman–Crippen LogP) is 2.94. The molecule has 0 bridgehead atoms. The van der Waals surface area contributed by atoms with Crippen LogP contribution in [0.1, 0.15) is 6.92 Å². The molecule has 0 aliphatic heterocycles. The smallest absolute Gasteiger partial charge is 0.308 e. The maximum atomic E-state index is 10.8. The van der Waals surface area contributed by atoms with E-state index in [1.165, 1.54) is 6.92 Å². The van der Waals surface area contributed by atoms with Crippen molar-refractivity contribution in [1.29, 1.82) is 0 Å². The minimum atomic E-state index is -0.363. The summed E-state index contributed by atoms with van der Waals surface area (Å²) in [5.74, 6) is 0.0804. The molecule has 2 aromatic carbocycles. The molecular weight excluding hydrogens is 228 g/mol. The number of para-hydroxylation sites is 1. The Morgan fingerprint density at radius 2 is 1.89 bits per heavy atom. The molecule has 0 aliphatic carbocycles. The summed E-state index contributed by atoms with van der Waals surface area (Å²) < 4.78 is 4.95. The van der Waals surface area contributed by atoms with E-state index in [0.29, 0.717) is 11.4 Å². The number of nitrogens with one attached hydrogen (secondary N) is 1. The van der Waals surface area contributed by atoms with Crippen LogP contribution in [-0.2, 0) is 4.79 Å². The second-order valence-electron chi connectivity index (χ2n) is 3.83. The van der Waals surface area contributed by atoms with Gasteiger partial charge in [-0.25, -0.2) is 0 Å². The average molecular weight is 242 g/mol. The second kappa shape index (κ2) is 5.23. The Kier molecular flexibility index (Phi) is 3.48. The first-order chi connectivity index (χ1) is 8.65. The Bertz CT molecular complexity index is 553. The highest BCUT2D eigenvalue weighted by Gasteiger charge is 2.03. The van der Waals surface area contributed by atoms with Crippen LogP contribution in [0, 0.1) is 0 Å². The number of ether oxygens (including phenoxy) is 1. The SMILES string of the molecule is CC(=O)Oc1ccc(Nc2ccccc2)c(N)c1. The van der Waals surface area contributed by atoms with Gasteiger partial charge in [-0.2, -0.15) is 0 Å². The van der Waals surface area contributed by atoms with E-state index in [2.05, 4.69) is 5.32 Å². The van der Waals surface area contributed by atoms with Crippen molar-refractivity contribution in [3.63, 3.8) is 0 Å². The zero-order chi connectivity index (χ0) is 13.0. The third-order valence-corrected chi connectivity index (χ3v) is 2.34. The van der Waals surface area contributed by atoms with Gasteiger partial charge in [-0.05, 0) is 24.3 Å². The summed E-state index contributed by atoms with van der Waals surface area (Å²) in [5.41, 5.74) is 8.14. The highest BCUT2D eigenvalue weighted by atomic mass is 16.5. The zero-order valence-electron chi connectivity index (χ0n) is 10.0. The Morgan fingerprint density at radius 1 is 1.17 bits per heavy atom. The maximum Gasteiger partial charge on any atom is 0.308 e. The van der Waals surface area contributed by atoms with Crippen molar-refractivity contribution in [2.45, 2.75) is 6.92 Å². The molecule has 0 aliphatic rings. The lowest BCUT2D eigenvalue weighted by Gasteiger charge is -2.10. The summed E-state index contributed by atoms with van der Waals surface area (Å²) in [7, 11) is 0. The first kappa shape index (κ1) is 12.0. The third kappa shape index (κ3) is 3.01. The molecule has 0 saturated carbocycles. The molecule has 0 atom stereocenters. The van der Waals surface area contributed by atoms with Crippen LogP contribution >= 0.6 is 0 Å². The van der Waals surface area contributed by atoms with Gasteiger partial charge in [0, 0.05) is 18.7 Å². The van der Waals surface area contributed by atoms with Crippen LogP contribution < -0.4 is 15.8 Å². The van der Waals surface area contributed by atoms with E-state index in [9.17, 15) is 4.79 Å². The molecule has 3 N–H and O–H groups in total.